The molecule has 0 aliphatic carbocycles. The van der Waals surface area contributed by atoms with Gasteiger partial charge in [-0.3, -0.25) is 0 Å². The fourth-order valence-electron chi connectivity index (χ4n) is 1.22. The zero-order chi connectivity index (χ0) is 10.0. The van der Waals surface area contributed by atoms with E-state index < -0.39 is 0 Å². The Kier molecular flexibility index (Phi) is 3.31. The number of hydrogen-bond donors (Lipinski definition) is 1. The minimum Gasteiger partial charge on any atom is -0.478 e. The first kappa shape index (κ1) is 10.5. The van der Waals surface area contributed by atoms with Crippen molar-refractivity contribution in [2.24, 2.45) is 22.6 Å². The van der Waals surface area contributed by atoms with Gasteiger partial charge in [0.2, 0.25) is 5.90 Å². The summed E-state index contributed by atoms with van der Waals surface area (Å²) in [5, 5.41) is 0. The summed E-state index contributed by atoms with van der Waals surface area (Å²) in [7, 11) is 0. The molecular weight excluding hydrogens is 164 g/mol. The highest BCUT2D eigenvalue weighted by molar-refractivity contribution is 5.83. The lowest BCUT2D eigenvalue weighted by Crippen LogP contribution is -2.35. The van der Waals surface area contributed by atoms with Gasteiger partial charge in [0.05, 0.1) is 12.1 Å². The lowest BCUT2D eigenvalue weighted by Gasteiger charge is -2.14. The summed E-state index contributed by atoms with van der Waals surface area (Å²) in [5.41, 5.74) is 5.93. The Morgan fingerprint density at radius 3 is 2.38 bits per heavy atom. The molecule has 76 valence electrons. The van der Waals surface area contributed by atoms with Gasteiger partial charge in [-0.25, -0.2) is 4.99 Å². The second kappa shape index (κ2) is 4.09. The number of aliphatic imine (C=N–C) groups is 1. The normalized spacial score (nSPS) is 24.8. The zero-order valence-corrected chi connectivity index (χ0v) is 8.95. The van der Waals surface area contributed by atoms with Gasteiger partial charge in [0.1, 0.15) is 6.61 Å². The zero-order valence-electron chi connectivity index (χ0n) is 8.95. The smallest absolute Gasteiger partial charge is 0.201 e. The van der Waals surface area contributed by atoms with E-state index in [9.17, 15) is 0 Å². The van der Waals surface area contributed by atoms with Crippen molar-refractivity contribution in [3.05, 3.63) is 0 Å². The Bertz CT molecular complexity index is 199. The Balaban J connectivity index is 2.58. The minimum absolute atomic E-state index is 0.0382. The minimum atomic E-state index is -0.0382. The molecule has 0 radical (unpaired) electrons. The van der Waals surface area contributed by atoms with Crippen LogP contribution in [0, 0.1) is 11.8 Å². The van der Waals surface area contributed by atoms with E-state index in [2.05, 4.69) is 32.7 Å². The van der Waals surface area contributed by atoms with E-state index in [0.717, 1.165) is 5.90 Å². The van der Waals surface area contributed by atoms with Crippen LogP contribution in [-0.2, 0) is 4.74 Å². The van der Waals surface area contributed by atoms with Crippen molar-refractivity contribution in [2.75, 3.05) is 6.61 Å². The van der Waals surface area contributed by atoms with Gasteiger partial charge in [-0.15, -0.1) is 0 Å². The highest BCUT2D eigenvalue weighted by Crippen LogP contribution is 2.16. The van der Waals surface area contributed by atoms with Crippen LogP contribution in [0.25, 0.3) is 0 Å². The molecule has 0 amide bonds. The summed E-state index contributed by atoms with van der Waals surface area (Å²) in [6.07, 6.45) is 0. The average molecular weight is 184 g/mol. The van der Waals surface area contributed by atoms with Gasteiger partial charge in [0, 0.05) is 0 Å². The molecule has 0 fully saturated rings. The third kappa shape index (κ3) is 2.44. The molecule has 3 nitrogen and oxygen atoms in total. The number of hydrogen-bond acceptors (Lipinski definition) is 3. The molecule has 1 rings (SSSR count). The highest BCUT2D eigenvalue weighted by Gasteiger charge is 2.26. The van der Waals surface area contributed by atoms with Gasteiger partial charge in [0.25, 0.3) is 0 Å². The van der Waals surface area contributed by atoms with E-state index in [1.807, 2.05) is 0 Å². The predicted octanol–water partition coefficient (Wildman–Crippen LogP) is 1.42. The van der Waals surface area contributed by atoms with Gasteiger partial charge < -0.3 is 10.5 Å². The van der Waals surface area contributed by atoms with E-state index >= 15 is 0 Å². The molecule has 2 N–H and O–H groups in total. The molecule has 0 saturated carbocycles. The predicted molar refractivity (Wildman–Crippen MR) is 54.8 cm³/mol. The van der Waals surface area contributed by atoms with Crippen LogP contribution in [0.3, 0.4) is 0 Å². The van der Waals surface area contributed by atoms with Crippen molar-refractivity contribution in [3.8, 4) is 0 Å². The second-order valence-electron chi connectivity index (χ2n) is 4.36. The maximum Gasteiger partial charge on any atom is 0.201 e. The van der Waals surface area contributed by atoms with E-state index in [0.29, 0.717) is 24.5 Å². The van der Waals surface area contributed by atoms with E-state index in [1.165, 1.54) is 0 Å². The van der Waals surface area contributed by atoms with Crippen LogP contribution in [0.4, 0.5) is 0 Å². The lowest BCUT2D eigenvalue weighted by molar-refractivity contribution is 0.278. The van der Waals surface area contributed by atoms with Crippen molar-refractivity contribution in [1.29, 1.82) is 0 Å². The van der Waals surface area contributed by atoms with Gasteiger partial charge in [-0.1, -0.05) is 27.7 Å². The number of rotatable bonds is 3. The first-order chi connectivity index (χ1) is 6.02. The van der Waals surface area contributed by atoms with Crippen molar-refractivity contribution in [2.45, 2.75) is 39.8 Å². The van der Waals surface area contributed by atoms with Crippen LogP contribution in [-0.4, -0.2) is 24.6 Å². The van der Waals surface area contributed by atoms with Crippen LogP contribution >= 0.6 is 0 Å². The maximum absolute atomic E-state index is 5.93. The Morgan fingerprint density at radius 2 is 2.00 bits per heavy atom. The molecule has 0 aromatic rings. The molecule has 2 atom stereocenters. The Morgan fingerprint density at radius 1 is 1.38 bits per heavy atom. The Labute approximate surface area is 80.4 Å². The fraction of sp³-hybridized carbons (Fsp3) is 0.900. The summed E-state index contributed by atoms with van der Waals surface area (Å²) < 4.78 is 5.47. The van der Waals surface area contributed by atoms with Crippen LogP contribution in [0.1, 0.15) is 27.7 Å². The molecule has 1 heterocycles. The molecule has 0 saturated heterocycles. The maximum atomic E-state index is 5.93. The third-order valence-corrected chi connectivity index (χ3v) is 2.47. The van der Waals surface area contributed by atoms with Gasteiger partial charge >= 0.3 is 0 Å². The molecule has 3 heteroatoms. The monoisotopic (exact) mass is 184 g/mol. The summed E-state index contributed by atoms with van der Waals surface area (Å²) >= 11 is 0. The van der Waals surface area contributed by atoms with Gasteiger partial charge in [0.15, 0.2) is 0 Å². The summed E-state index contributed by atoms with van der Waals surface area (Å²) in [6.45, 7) is 9.18. The molecular formula is C10H20N2O. The standard InChI is InChI=1S/C10H20N2O/c1-6(2)8-5-13-10(12-8)9(11)7(3)4/h6-9H,5,11H2,1-4H3. The largest absolute Gasteiger partial charge is 0.478 e. The third-order valence-electron chi connectivity index (χ3n) is 2.47. The quantitative estimate of drug-likeness (QED) is 0.721. The topological polar surface area (TPSA) is 47.6 Å². The molecule has 1 aliphatic heterocycles. The van der Waals surface area contributed by atoms with E-state index in [4.69, 9.17) is 10.5 Å². The molecule has 13 heavy (non-hydrogen) atoms. The Hall–Kier alpha value is -0.570. The van der Waals surface area contributed by atoms with Gasteiger partial charge in [-0.05, 0) is 11.8 Å². The molecule has 0 aromatic heterocycles. The molecule has 0 aromatic carbocycles. The van der Waals surface area contributed by atoms with Crippen LogP contribution < -0.4 is 5.73 Å². The average Bonchev–Trinajstić information content (AvgIpc) is 2.50. The van der Waals surface area contributed by atoms with Crippen molar-refractivity contribution in [3.63, 3.8) is 0 Å². The first-order valence-electron chi connectivity index (χ1n) is 4.98. The first-order valence-corrected chi connectivity index (χ1v) is 4.98. The van der Waals surface area contributed by atoms with E-state index in [1.54, 1.807) is 0 Å². The molecule has 0 spiro atoms. The van der Waals surface area contributed by atoms with Crippen molar-refractivity contribution < 1.29 is 4.74 Å². The van der Waals surface area contributed by atoms with Crippen molar-refractivity contribution >= 4 is 5.90 Å². The second-order valence-corrected chi connectivity index (χ2v) is 4.36. The number of nitrogens with two attached hydrogens (primary N) is 1. The van der Waals surface area contributed by atoms with Crippen LogP contribution in [0.2, 0.25) is 0 Å². The molecule has 2 unspecified atom stereocenters. The summed E-state index contributed by atoms with van der Waals surface area (Å²) in [6, 6.07) is 0.267. The van der Waals surface area contributed by atoms with E-state index in [-0.39, 0.29) is 6.04 Å². The number of nitrogens with zero attached hydrogens (tertiary/aromatic N) is 1. The van der Waals surface area contributed by atoms with Crippen molar-refractivity contribution in [1.82, 2.24) is 0 Å². The SMILES string of the molecule is CC(C)C1COC(C(N)C(C)C)=N1. The lowest BCUT2D eigenvalue weighted by atomic mass is 10.1. The molecule has 1 aliphatic rings. The van der Waals surface area contributed by atoms with Crippen LogP contribution in [0.5, 0.6) is 0 Å². The number of ether oxygens (including phenoxy) is 1. The summed E-state index contributed by atoms with van der Waals surface area (Å²) in [4.78, 5) is 4.48. The summed E-state index contributed by atoms with van der Waals surface area (Å²) in [5.74, 6) is 1.68. The van der Waals surface area contributed by atoms with Crippen LogP contribution in [0.15, 0.2) is 4.99 Å². The fourth-order valence-corrected chi connectivity index (χ4v) is 1.22. The molecule has 0 bridgehead atoms. The van der Waals surface area contributed by atoms with Gasteiger partial charge in [-0.2, -0.15) is 0 Å². The highest BCUT2D eigenvalue weighted by atomic mass is 16.5.